The van der Waals surface area contributed by atoms with Crippen LogP contribution in [0.2, 0.25) is 0 Å². The molecule has 0 amide bonds. The molecule has 2 aromatic heterocycles. The zero-order valence-electron chi connectivity index (χ0n) is 21.4. The molecule has 1 N–H and O–H groups in total. The maximum absolute atomic E-state index is 11.8. The minimum atomic E-state index is -0.331. The SMILES string of the molecule is CCCCOC(=O)COCCc1nc(NCc2ccc(OC)c(OC)c2)c2c3c(sc2n1)CCCC3. The number of aryl methyl sites for hydroxylation is 2. The Bertz CT molecular complexity index is 1180. The third kappa shape index (κ3) is 6.44. The van der Waals surface area contributed by atoms with Crippen molar-refractivity contribution in [3.05, 3.63) is 40.0 Å². The van der Waals surface area contributed by atoms with Gasteiger partial charge in [0.2, 0.25) is 0 Å². The van der Waals surface area contributed by atoms with Gasteiger partial charge in [-0.25, -0.2) is 14.8 Å². The van der Waals surface area contributed by atoms with Gasteiger partial charge in [0.25, 0.3) is 0 Å². The maximum atomic E-state index is 11.8. The molecule has 0 fully saturated rings. The van der Waals surface area contributed by atoms with Gasteiger partial charge in [0, 0.05) is 17.8 Å². The number of benzene rings is 1. The van der Waals surface area contributed by atoms with Gasteiger partial charge >= 0.3 is 5.97 Å². The number of carbonyl (C=O) groups excluding carboxylic acids is 1. The molecule has 0 bridgehead atoms. The van der Waals surface area contributed by atoms with Crippen LogP contribution in [0.5, 0.6) is 11.5 Å². The molecule has 1 aliphatic carbocycles. The van der Waals surface area contributed by atoms with Crippen LogP contribution in [0, 0.1) is 0 Å². The van der Waals surface area contributed by atoms with Gasteiger partial charge in [0.1, 0.15) is 23.1 Å². The van der Waals surface area contributed by atoms with E-state index in [1.165, 1.54) is 23.3 Å². The van der Waals surface area contributed by atoms with E-state index in [0.29, 0.717) is 43.5 Å². The van der Waals surface area contributed by atoms with Crippen LogP contribution in [0.1, 0.15) is 54.4 Å². The molecule has 4 rings (SSSR count). The summed E-state index contributed by atoms with van der Waals surface area (Å²) in [5.41, 5.74) is 2.45. The lowest BCUT2D eigenvalue weighted by Crippen LogP contribution is -2.15. The predicted molar refractivity (Wildman–Crippen MR) is 141 cm³/mol. The second kappa shape index (κ2) is 12.9. The van der Waals surface area contributed by atoms with Gasteiger partial charge in [-0.05, 0) is 55.4 Å². The van der Waals surface area contributed by atoms with E-state index in [1.807, 2.05) is 18.2 Å². The minimum absolute atomic E-state index is 0.0519. The second-order valence-electron chi connectivity index (χ2n) is 8.80. The lowest BCUT2D eigenvalue weighted by molar-refractivity contribution is -0.149. The summed E-state index contributed by atoms with van der Waals surface area (Å²) in [4.78, 5) is 23.9. The number of ether oxygens (including phenoxy) is 4. The summed E-state index contributed by atoms with van der Waals surface area (Å²) in [5.74, 6) is 2.62. The fourth-order valence-electron chi connectivity index (χ4n) is 4.31. The highest BCUT2D eigenvalue weighted by Gasteiger charge is 2.21. The van der Waals surface area contributed by atoms with E-state index in [1.54, 1.807) is 25.6 Å². The molecule has 0 saturated carbocycles. The summed E-state index contributed by atoms with van der Waals surface area (Å²) in [5, 5.41) is 4.69. The summed E-state index contributed by atoms with van der Waals surface area (Å²) in [6, 6.07) is 5.90. The molecular formula is C27H35N3O5S. The zero-order chi connectivity index (χ0) is 25.3. The number of anilines is 1. The van der Waals surface area contributed by atoms with Crippen LogP contribution in [0.3, 0.4) is 0 Å². The largest absolute Gasteiger partial charge is 0.493 e. The van der Waals surface area contributed by atoms with Gasteiger partial charge in [-0.15, -0.1) is 11.3 Å². The number of unbranched alkanes of at least 4 members (excludes halogenated alkanes) is 1. The summed E-state index contributed by atoms with van der Waals surface area (Å²) < 4.78 is 21.5. The van der Waals surface area contributed by atoms with Crippen LogP contribution >= 0.6 is 11.3 Å². The molecule has 0 unspecified atom stereocenters. The molecule has 2 heterocycles. The molecule has 0 spiro atoms. The Morgan fingerprint density at radius 2 is 1.92 bits per heavy atom. The number of nitrogens with zero attached hydrogens (tertiary/aromatic N) is 2. The Balaban J connectivity index is 1.48. The smallest absolute Gasteiger partial charge is 0.332 e. The lowest BCUT2D eigenvalue weighted by atomic mass is 9.97. The molecule has 0 saturated heterocycles. The van der Waals surface area contributed by atoms with Crippen molar-refractivity contribution < 1.29 is 23.7 Å². The van der Waals surface area contributed by atoms with E-state index in [2.05, 4.69) is 12.2 Å². The van der Waals surface area contributed by atoms with Crippen molar-refractivity contribution in [3.63, 3.8) is 0 Å². The van der Waals surface area contributed by atoms with Gasteiger partial charge in [-0.2, -0.15) is 0 Å². The van der Waals surface area contributed by atoms with Crippen LogP contribution < -0.4 is 14.8 Å². The molecule has 36 heavy (non-hydrogen) atoms. The van der Waals surface area contributed by atoms with E-state index in [0.717, 1.165) is 47.3 Å². The number of nitrogens with one attached hydrogen (secondary N) is 1. The number of aromatic nitrogens is 2. The topological polar surface area (TPSA) is 91.8 Å². The summed E-state index contributed by atoms with van der Waals surface area (Å²) >= 11 is 1.77. The van der Waals surface area contributed by atoms with Crippen molar-refractivity contribution in [2.24, 2.45) is 0 Å². The summed E-state index contributed by atoms with van der Waals surface area (Å²) in [6.07, 6.45) is 6.95. The molecule has 1 aliphatic rings. The average Bonchev–Trinajstić information content (AvgIpc) is 3.28. The molecule has 0 radical (unpaired) electrons. The fourth-order valence-corrected chi connectivity index (χ4v) is 5.59. The van der Waals surface area contributed by atoms with Crippen molar-refractivity contribution in [3.8, 4) is 11.5 Å². The van der Waals surface area contributed by atoms with Crippen molar-refractivity contribution in [2.75, 3.05) is 39.4 Å². The number of thiophene rings is 1. The first-order chi connectivity index (χ1) is 17.6. The number of hydrogen-bond acceptors (Lipinski definition) is 9. The third-order valence-electron chi connectivity index (χ3n) is 6.22. The molecule has 3 aromatic rings. The number of hydrogen-bond donors (Lipinski definition) is 1. The van der Waals surface area contributed by atoms with Crippen molar-refractivity contribution >= 4 is 33.3 Å². The Morgan fingerprint density at radius 1 is 1.08 bits per heavy atom. The Hall–Kier alpha value is -2.91. The molecule has 9 heteroatoms. The van der Waals surface area contributed by atoms with Crippen molar-refractivity contribution in [2.45, 2.75) is 58.4 Å². The van der Waals surface area contributed by atoms with Gasteiger partial charge in [0.05, 0.1) is 32.8 Å². The molecule has 0 aliphatic heterocycles. The molecular weight excluding hydrogens is 478 g/mol. The highest BCUT2D eigenvalue weighted by atomic mass is 32.1. The fraction of sp³-hybridized carbons (Fsp3) is 0.519. The summed E-state index contributed by atoms with van der Waals surface area (Å²) in [6.45, 7) is 3.40. The van der Waals surface area contributed by atoms with Crippen molar-refractivity contribution in [1.82, 2.24) is 9.97 Å². The monoisotopic (exact) mass is 513 g/mol. The predicted octanol–water partition coefficient (Wildman–Crippen LogP) is 5.10. The van der Waals surface area contributed by atoms with Crippen LogP contribution in [0.4, 0.5) is 5.82 Å². The van der Waals surface area contributed by atoms with Gasteiger partial charge in [-0.1, -0.05) is 19.4 Å². The molecule has 1 aromatic carbocycles. The van der Waals surface area contributed by atoms with E-state index < -0.39 is 0 Å². The maximum Gasteiger partial charge on any atom is 0.332 e. The third-order valence-corrected chi connectivity index (χ3v) is 7.41. The highest BCUT2D eigenvalue weighted by Crippen LogP contribution is 2.39. The van der Waals surface area contributed by atoms with E-state index in [9.17, 15) is 4.79 Å². The number of esters is 1. The highest BCUT2D eigenvalue weighted by molar-refractivity contribution is 7.19. The number of fused-ring (bicyclic) bond motifs is 3. The Kier molecular flexibility index (Phi) is 9.35. The summed E-state index contributed by atoms with van der Waals surface area (Å²) in [7, 11) is 3.27. The van der Waals surface area contributed by atoms with Gasteiger partial charge in [0.15, 0.2) is 11.5 Å². The first-order valence-electron chi connectivity index (χ1n) is 12.6. The van der Waals surface area contributed by atoms with E-state index in [-0.39, 0.29) is 12.6 Å². The Labute approximate surface area is 216 Å². The van der Waals surface area contributed by atoms with Crippen molar-refractivity contribution in [1.29, 1.82) is 0 Å². The van der Waals surface area contributed by atoms with Crippen LogP contribution in [-0.4, -0.2) is 50.0 Å². The quantitative estimate of drug-likeness (QED) is 0.249. The first kappa shape index (κ1) is 26.2. The normalized spacial score (nSPS) is 12.9. The number of carbonyl (C=O) groups is 1. The van der Waals surface area contributed by atoms with Crippen LogP contribution in [0.15, 0.2) is 18.2 Å². The minimum Gasteiger partial charge on any atom is -0.493 e. The Morgan fingerprint density at radius 3 is 2.72 bits per heavy atom. The number of rotatable bonds is 13. The van der Waals surface area contributed by atoms with E-state index >= 15 is 0 Å². The standard InChI is InChI=1S/C27H35N3O5S/c1-4-5-13-35-24(31)17-34-14-12-23-29-26(25-19-8-6-7-9-22(19)36-27(25)30-23)28-16-18-10-11-20(32-2)21(15-18)33-3/h10-11,15H,4-9,12-14,16-17H2,1-3H3,(H,28,29,30). The molecule has 8 nitrogen and oxygen atoms in total. The van der Waals surface area contributed by atoms with Crippen LogP contribution in [-0.2, 0) is 40.1 Å². The van der Waals surface area contributed by atoms with Crippen LogP contribution in [0.25, 0.3) is 10.2 Å². The van der Waals surface area contributed by atoms with Gasteiger partial charge in [-0.3, -0.25) is 0 Å². The lowest BCUT2D eigenvalue weighted by Gasteiger charge is -2.14. The average molecular weight is 514 g/mol. The first-order valence-corrected chi connectivity index (χ1v) is 13.4. The molecule has 0 atom stereocenters. The van der Waals surface area contributed by atoms with E-state index in [4.69, 9.17) is 28.9 Å². The molecule has 194 valence electrons. The second-order valence-corrected chi connectivity index (χ2v) is 9.88. The zero-order valence-corrected chi connectivity index (χ0v) is 22.2. The number of methoxy groups -OCH3 is 2. The van der Waals surface area contributed by atoms with Gasteiger partial charge < -0.3 is 24.3 Å².